The summed E-state index contributed by atoms with van der Waals surface area (Å²) in [5.41, 5.74) is -0.931. The van der Waals surface area contributed by atoms with Crippen molar-refractivity contribution in [1.29, 1.82) is 0 Å². The van der Waals surface area contributed by atoms with Crippen molar-refractivity contribution in [3.63, 3.8) is 0 Å². The second-order valence-electron chi connectivity index (χ2n) is 11.6. The van der Waals surface area contributed by atoms with E-state index in [1.165, 1.54) is 32.1 Å². The maximum atomic E-state index is 11.9. The van der Waals surface area contributed by atoms with Gasteiger partial charge in [-0.2, -0.15) is 0 Å². The summed E-state index contributed by atoms with van der Waals surface area (Å²) in [6.07, 6.45) is 16.0. The minimum atomic E-state index is -1.85. The maximum absolute atomic E-state index is 11.9. The van der Waals surface area contributed by atoms with Gasteiger partial charge < -0.3 is 14.3 Å². The molecule has 180 valence electrons. The van der Waals surface area contributed by atoms with Crippen molar-refractivity contribution >= 4 is 14.3 Å². The number of carbonyl (C=O) groups excluding carboxylic acids is 1. The van der Waals surface area contributed by atoms with Gasteiger partial charge in [0.05, 0.1) is 24.7 Å². The minimum Gasteiger partial charge on any atom is -0.466 e. The van der Waals surface area contributed by atoms with E-state index in [1.807, 2.05) is 6.92 Å². The highest BCUT2D eigenvalue weighted by Crippen LogP contribution is 2.39. The van der Waals surface area contributed by atoms with Gasteiger partial charge in [0.1, 0.15) is 0 Å². The Labute approximate surface area is 192 Å². The lowest BCUT2D eigenvalue weighted by atomic mass is 9.76. The molecule has 2 fully saturated rings. The Bertz CT molecular complexity index is 589. The van der Waals surface area contributed by atoms with Crippen LogP contribution in [0.3, 0.4) is 0 Å². The molecule has 2 saturated carbocycles. The van der Waals surface area contributed by atoms with E-state index in [1.54, 1.807) is 0 Å². The highest BCUT2D eigenvalue weighted by Gasteiger charge is 2.39. The first kappa shape index (κ1) is 26.6. The Hall–Kier alpha value is -0.653. The Balaban J connectivity index is 2.02. The zero-order valence-corrected chi connectivity index (χ0v) is 22.0. The number of rotatable bonds is 10. The van der Waals surface area contributed by atoms with Gasteiger partial charge in [-0.3, -0.25) is 4.79 Å². The highest BCUT2D eigenvalue weighted by atomic mass is 28.4. The van der Waals surface area contributed by atoms with Crippen LogP contribution in [0.15, 0.2) is 12.2 Å². The van der Waals surface area contributed by atoms with E-state index >= 15 is 0 Å². The maximum Gasteiger partial charge on any atom is 0.308 e. The van der Waals surface area contributed by atoms with Crippen LogP contribution in [0, 0.1) is 11.8 Å². The largest absolute Gasteiger partial charge is 0.466 e. The first-order chi connectivity index (χ1) is 14.4. The van der Waals surface area contributed by atoms with Crippen molar-refractivity contribution in [2.24, 2.45) is 11.8 Å². The van der Waals surface area contributed by atoms with Gasteiger partial charge in [0, 0.05) is 0 Å². The van der Waals surface area contributed by atoms with Crippen LogP contribution in [-0.2, 0) is 14.0 Å². The van der Waals surface area contributed by atoms with Crippen LogP contribution >= 0.6 is 0 Å². The third kappa shape index (κ3) is 8.66. The zero-order chi connectivity index (χ0) is 23.1. The molecule has 3 atom stereocenters. The fourth-order valence-electron chi connectivity index (χ4n) is 4.92. The molecule has 0 aromatic heterocycles. The molecule has 0 spiro atoms. The second-order valence-corrected chi connectivity index (χ2v) is 16.3. The van der Waals surface area contributed by atoms with Crippen LogP contribution in [0.4, 0.5) is 0 Å². The second kappa shape index (κ2) is 11.5. The number of allylic oxidation sites excluding steroid dienone is 1. The molecule has 3 unspecified atom stereocenters. The summed E-state index contributed by atoms with van der Waals surface area (Å²) in [7, 11) is -1.85. The average molecular weight is 453 g/mol. The van der Waals surface area contributed by atoms with Gasteiger partial charge in [-0.25, -0.2) is 0 Å². The standard InChI is InChI=1S/C26H48O4Si/c1-7-29-24(27)20-26(28)18-10-13-22(19-26)15-17-23(16-14-21-11-8-9-12-21)30-31(5,6)25(2,3)4/h15,17,21-23,28H,7-14,16,18-20H2,1-6H3. The van der Waals surface area contributed by atoms with Crippen LogP contribution in [0.25, 0.3) is 0 Å². The molecule has 0 aromatic rings. The Kier molecular flexibility index (Phi) is 9.84. The van der Waals surface area contributed by atoms with E-state index in [9.17, 15) is 9.90 Å². The lowest BCUT2D eigenvalue weighted by Crippen LogP contribution is -2.43. The Morgan fingerprint density at radius 1 is 1.19 bits per heavy atom. The first-order valence-electron chi connectivity index (χ1n) is 12.7. The van der Waals surface area contributed by atoms with Gasteiger partial charge in [-0.15, -0.1) is 0 Å². The lowest BCUT2D eigenvalue weighted by Gasteiger charge is -2.39. The summed E-state index contributed by atoms with van der Waals surface area (Å²) in [5, 5.41) is 11.2. The van der Waals surface area contributed by atoms with Gasteiger partial charge in [-0.1, -0.05) is 58.6 Å². The van der Waals surface area contributed by atoms with Crippen molar-refractivity contribution in [2.75, 3.05) is 6.61 Å². The molecular formula is C26H48O4Si. The fraction of sp³-hybridized carbons (Fsp3) is 0.885. The van der Waals surface area contributed by atoms with E-state index in [0.717, 1.165) is 25.2 Å². The number of aliphatic hydroxyl groups is 1. The summed E-state index contributed by atoms with van der Waals surface area (Å²) >= 11 is 0. The highest BCUT2D eigenvalue weighted by molar-refractivity contribution is 6.74. The van der Waals surface area contributed by atoms with Gasteiger partial charge >= 0.3 is 5.97 Å². The van der Waals surface area contributed by atoms with Crippen LogP contribution in [0.5, 0.6) is 0 Å². The molecule has 0 radical (unpaired) electrons. The van der Waals surface area contributed by atoms with E-state index in [0.29, 0.717) is 25.4 Å². The molecule has 2 rings (SSSR count). The molecule has 2 aliphatic rings. The molecule has 0 heterocycles. The topological polar surface area (TPSA) is 55.8 Å². The van der Waals surface area contributed by atoms with Crippen molar-refractivity contribution in [3.8, 4) is 0 Å². The first-order valence-corrected chi connectivity index (χ1v) is 15.6. The smallest absolute Gasteiger partial charge is 0.308 e. The van der Waals surface area contributed by atoms with Crippen LogP contribution in [0.1, 0.15) is 98.3 Å². The van der Waals surface area contributed by atoms with E-state index in [-0.39, 0.29) is 23.5 Å². The summed E-state index contributed by atoms with van der Waals surface area (Å²) in [5.74, 6) is 0.874. The molecule has 0 bridgehead atoms. The summed E-state index contributed by atoms with van der Waals surface area (Å²) in [6, 6.07) is 0. The average Bonchev–Trinajstić information content (AvgIpc) is 3.16. The molecule has 0 aliphatic heterocycles. The van der Waals surface area contributed by atoms with E-state index in [4.69, 9.17) is 9.16 Å². The number of hydrogen-bond donors (Lipinski definition) is 1. The summed E-state index contributed by atoms with van der Waals surface area (Å²) in [6.45, 7) is 13.7. The number of esters is 1. The van der Waals surface area contributed by atoms with Crippen molar-refractivity contribution in [1.82, 2.24) is 0 Å². The fourth-order valence-corrected chi connectivity index (χ4v) is 6.23. The van der Waals surface area contributed by atoms with Gasteiger partial charge in [0.2, 0.25) is 0 Å². The monoisotopic (exact) mass is 452 g/mol. The van der Waals surface area contributed by atoms with Crippen molar-refractivity contribution in [2.45, 2.75) is 128 Å². The lowest BCUT2D eigenvalue weighted by molar-refractivity contribution is -0.150. The quantitative estimate of drug-likeness (QED) is 0.225. The molecule has 4 nitrogen and oxygen atoms in total. The Morgan fingerprint density at radius 3 is 2.48 bits per heavy atom. The number of ether oxygens (including phenoxy) is 1. The molecule has 5 heteroatoms. The van der Waals surface area contributed by atoms with E-state index in [2.05, 4.69) is 46.0 Å². The number of carbonyl (C=O) groups is 1. The van der Waals surface area contributed by atoms with Crippen LogP contribution in [0.2, 0.25) is 18.1 Å². The molecule has 31 heavy (non-hydrogen) atoms. The predicted octanol–water partition coefficient (Wildman–Crippen LogP) is 6.78. The summed E-state index contributed by atoms with van der Waals surface area (Å²) in [4.78, 5) is 11.9. The third-order valence-electron chi connectivity index (χ3n) is 7.82. The molecule has 2 aliphatic carbocycles. The van der Waals surface area contributed by atoms with Crippen LogP contribution in [-0.4, -0.2) is 37.7 Å². The normalized spacial score (nSPS) is 27.0. The predicted molar refractivity (Wildman–Crippen MR) is 131 cm³/mol. The van der Waals surface area contributed by atoms with Crippen molar-refractivity contribution in [3.05, 3.63) is 12.2 Å². The summed E-state index contributed by atoms with van der Waals surface area (Å²) < 4.78 is 11.9. The third-order valence-corrected chi connectivity index (χ3v) is 12.3. The van der Waals surface area contributed by atoms with Crippen LogP contribution < -0.4 is 0 Å². The molecule has 1 N–H and O–H groups in total. The number of hydrogen-bond acceptors (Lipinski definition) is 4. The molecule has 0 amide bonds. The zero-order valence-electron chi connectivity index (χ0n) is 21.0. The van der Waals surface area contributed by atoms with Gasteiger partial charge in [-0.05, 0) is 75.4 Å². The SMILES string of the molecule is CCOC(=O)CC1(O)CCCC(C=CC(CCC2CCCC2)O[Si](C)(C)C(C)(C)C)C1. The Morgan fingerprint density at radius 2 is 1.87 bits per heavy atom. The van der Waals surface area contributed by atoms with E-state index < -0.39 is 13.9 Å². The molecular weight excluding hydrogens is 404 g/mol. The van der Waals surface area contributed by atoms with Crippen molar-refractivity contribution < 1.29 is 19.1 Å². The minimum absolute atomic E-state index is 0.108. The van der Waals surface area contributed by atoms with Gasteiger partial charge in [0.15, 0.2) is 8.32 Å². The molecule has 0 saturated heterocycles. The molecule has 0 aromatic carbocycles. The van der Waals surface area contributed by atoms with Gasteiger partial charge in [0.25, 0.3) is 0 Å².